The highest BCUT2D eigenvalue weighted by Gasteiger charge is 2.33. The molecule has 23 heavy (non-hydrogen) atoms. The van der Waals surface area contributed by atoms with Crippen molar-refractivity contribution in [3.63, 3.8) is 0 Å². The lowest BCUT2D eigenvalue weighted by Gasteiger charge is -2.24. The number of amides is 1. The van der Waals surface area contributed by atoms with Gasteiger partial charge in [0.25, 0.3) is 0 Å². The molecule has 2 aromatic rings. The number of ether oxygens (including phenoxy) is 1. The standard InChI is InChI=1S/C17H15F2NO2S/c1-11-2-6-13(7-3-11)20-15(21)10-23-16(20)12-4-8-14(9-5-12)22-17(18)19/h2-9,16-17H,10H2,1H3/t16-/m1/s1. The van der Waals surface area contributed by atoms with Gasteiger partial charge >= 0.3 is 6.61 Å². The van der Waals surface area contributed by atoms with Crippen molar-refractivity contribution in [3.8, 4) is 5.75 Å². The van der Waals surface area contributed by atoms with E-state index in [2.05, 4.69) is 4.74 Å². The molecule has 0 radical (unpaired) electrons. The summed E-state index contributed by atoms with van der Waals surface area (Å²) >= 11 is 1.52. The fourth-order valence-corrected chi connectivity index (χ4v) is 3.65. The Labute approximate surface area is 137 Å². The molecular formula is C17H15F2NO2S. The molecule has 0 saturated carbocycles. The molecule has 120 valence electrons. The van der Waals surface area contributed by atoms with Gasteiger partial charge in [-0.3, -0.25) is 9.69 Å². The van der Waals surface area contributed by atoms with E-state index in [1.807, 2.05) is 31.2 Å². The van der Waals surface area contributed by atoms with E-state index in [9.17, 15) is 13.6 Å². The summed E-state index contributed by atoms with van der Waals surface area (Å²) in [6.07, 6.45) is 0. The molecule has 0 spiro atoms. The topological polar surface area (TPSA) is 29.5 Å². The highest BCUT2D eigenvalue weighted by molar-refractivity contribution is 8.00. The number of alkyl halides is 2. The van der Waals surface area contributed by atoms with Crippen LogP contribution in [0, 0.1) is 6.92 Å². The SMILES string of the molecule is Cc1ccc(N2C(=O)CS[C@@H]2c2ccc(OC(F)F)cc2)cc1. The number of aryl methyl sites for hydroxylation is 1. The van der Waals surface area contributed by atoms with Crippen molar-refractivity contribution in [2.75, 3.05) is 10.7 Å². The minimum atomic E-state index is -2.84. The van der Waals surface area contributed by atoms with Crippen LogP contribution in [-0.4, -0.2) is 18.3 Å². The highest BCUT2D eigenvalue weighted by atomic mass is 32.2. The van der Waals surface area contributed by atoms with Gasteiger partial charge in [0.2, 0.25) is 5.91 Å². The first-order valence-electron chi connectivity index (χ1n) is 7.10. The summed E-state index contributed by atoms with van der Waals surface area (Å²) < 4.78 is 28.8. The molecule has 1 amide bonds. The van der Waals surface area contributed by atoms with Gasteiger partial charge in [0.05, 0.1) is 5.75 Å². The van der Waals surface area contributed by atoms with E-state index < -0.39 is 6.61 Å². The third-order valence-corrected chi connectivity index (χ3v) is 4.78. The normalized spacial score (nSPS) is 17.8. The summed E-state index contributed by atoms with van der Waals surface area (Å²) in [6.45, 7) is -0.851. The number of nitrogens with zero attached hydrogens (tertiary/aromatic N) is 1. The Balaban J connectivity index is 1.85. The molecular weight excluding hydrogens is 320 g/mol. The molecule has 0 bridgehead atoms. The van der Waals surface area contributed by atoms with E-state index in [1.54, 1.807) is 17.0 Å². The van der Waals surface area contributed by atoms with Crippen LogP contribution >= 0.6 is 11.8 Å². The smallest absolute Gasteiger partial charge is 0.387 e. The lowest BCUT2D eigenvalue weighted by atomic mass is 10.1. The number of hydrogen-bond donors (Lipinski definition) is 0. The van der Waals surface area contributed by atoms with Crippen molar-refractivity contribution in [2.24, 2.45) is 0 Å². The molecule has 1 fully saturated rings. The molecule has 0 unspecified atom stereocenters. The zero-order chi connectivity index (χ0) is 16.4. The number of hydrogen-bond acceptors (Lipinski definition) is 3. The number of thioether (sulfide) groups is 1. The van der Waals surface area contributed by atoms with E-state index in [4.69, 9.17) is 0 Å². The van der Waals surface area contributed by atoms with Crippen molar-refractivity contribution >= 4 is 23.4 Å². The summed E-state index contributed by atoms with van der Waals surface area (Å²) in [5.74, 6) is 0.546. The second-order valence-electron chi connectivity index (χ2n) is 5.21. The van der Waals surface area contributed by atoms with Crippen LogP contribution in [0.25, 0.3) is 0 Å². The third-order valence-electron chi connectivity index (χ3n) is 3.57. The van der Waals surface area contributed by atoms with E-state index in [-0.39, 0.29) is 17.0 Å². The first-order chi connectivity index (χ1) is 11.0. The second kappa shape index (κ2) is 6.58. The molecule has 0 aromatic heterocycles. The Morgan fingerprint density at radius 3 is 2.39 bits per heavy atom. The molecule has 6 heteroatoms. The van der Waals surface area contributed by atoms with Crippen LogP contribution in [0.15, 0.2) is 48.5 Å². The Morgan fingerprint density at radius 1 is 1.13 bits per heavy atom. The number of carbonyl (C=O) groups excluding carboxylic acids is 1. The van der Waals surface area contributed by atoms with E-state index in [1.165, 1.54) is 23.9 Å². The lowest BCUT2D eigenvalue weighted by Crippen LogP contribution is -2.27. The van der Waals surface area contributed by atoms with Gasteiger partial charge in [0.15, 0.2) is 0 Å². The summed E-state index contributed by atoms with van der Waals surface area (Å²) in [4.78, 5) is 14.0. The maximum absolute atomic E-state index is 12.2. The van der Waals surface area contributed by atoms with E-state index >= 15 is 0 Å². The van der Waals surface area contributed by atoms with Crippen molar-refractivity contribution < 1.29 is 18.3 Å². The zero-order valence-electron chi connectivity index (χ0n) is 12.4. The van der Waals surface area contributed by atoms with Crippen LogP contribution < -0.4 is 9.64 Å². The predicted octanol–water partition coefficient (Wildman–Crippen LogP) is 4.38. The molecule has 1 aliphatic heterocycles. The van der Waals surface area contributed by atoms with Gasteiger partial charge in [0, 0.05) is 5.69 Å². The molecule has 1 heterocycles. The molecule has 3 nitrogen and oxygen atoms in total. The fraction of sp³-hybridized carbons (Fsp3) is 0.235. The number of anilines is 1. The average molecular weight is 335 g/mol. The van der Waals surface area contributed by atoms with Gasteiger partial charge in [-0.25, -0.2) is 0 Å². The summed E-state index contributed by atoms with van der Waals surface area (Å²) in [5.41, 5.74) is 2.84. The molecule has 1 atom stereocenters. The van der Waals surface area contributed by atoms with Crippen LogP contribution in [0.4, 0.5) is 14.5 Å². The fourth-order valence-electron chi connectivity index (χ4n) is 2.47. The van der Waals surface area contributed by atoms with E-state index in [0.717, 1.165) is 16.8 Å². The molecule has 3 rings (SSSR count). The predicted molar refractivity (Wildman–Crippen MR) is 86.9 cm³/mol. The molecule has 1 saturated heterocycles. The monoisotopic (exact) mass is 335 g/mol. The summed E-state index contributed by atoms with van der Waals surface area (Å²) in [6, 6.07) is 14.2. The maximum atomic E-state index is 12.2. The number of rotatable bonds is 4. The first-order valence-corrected chi connectivity index (χ1v) is 8.14. The average Bonchev–Trinajstić information content (AvgIpc) is 2.90. The van der Waals surface area contributed by atoms with Crippen LogP contribution in [0.3, 0.4) is 0 Å². The minimum absolute atomic E-state index is 0.0387. The van der Waals surface area contributed by atoms with Gasteiger partial charge in [-0.05, 0) is 36.8 Å². The van der Waals surface area contributed by atoms with E-state index in [0.29, 0.717) is 5.75 Å². The molecule has 0 N–H and O–H groups in total. The second-order valence-corrected chi connectivity index (χ2v) is 6.28. The Kier molecular flexibility index (Phi) is 4.52. The van der Waals surface area contributed by atoms with Gasteiger partial charge in [-0.2, -0.15) is 8.78 Å². The van der Waals surface area contributed by atoms with Crippen molar-refractivity contribution in [3.05, 3.63) is 59.7 Å². The van der Waals surface area contributed by atoms with Crippen LogP contribution in [0.5, 0.6) is 5.75 Å². The van der Waals surface area contributed by atoms with Gasteiger partial charge in [0.1, 0.15) is 11.1 Å². The zero-order valence-corrected chi connectivity index (χ0v) is 13.2. The Hall–Kier alpha value is -2.08. The molecule has 2 aromatic carbocycles. The summed E-state index contributed by atoms with van der Waals surface area (Å²) in [5, 5.41) is -0.161. The van der Waals surface area contributed by atoms with Crippen molar-refractivity contribution in [1.82, 2.24) is 0 Å². The number of carbonyl (C=O) groups is 1. The highest BCUT2D eigenvalue weighted by Crippen LogP contribution is 2.42. The van der Waals surface area contributed by atoms with Crippen LogP contribution in [0.2, 0.25) is 0 Å². The van der Waals surface area contributed by atoms with Gasteiger partial charge in [-0.15, -0.1) is 11.8 Å². The summed E-state index contributed by atoms with van der Waals surface area (Å²) in [7, 11) is 0. The number of benzene rings is 2. The Bertz CT molecular complexity index is 689. The van der Waals surface area contributed by atoms with Crippen LogP contribution in [0.1, 0.15) is 16.5 Å². The first kappa shape index (κ1) is 15.8. The Morgan fingerprint density at radius 2 is 1.78 bits per heavy atom. The number of halogens is 2. The third kappa shape index (κ3) is 3.47. The minimum Gasteiger partial charge on any atom is -0.435 e. The quantitative estimate of drug-likeness (QED) is 0.831. The van der Waals surface area contributed by atoms with Gasteiger partial charge in [-0.1, -0.05) is 29.8 Å². The van der Waals surface area contributed by atoms with Crippen LogP contribution in [-0.2, 0) is 4.79 Å². The largest absolute Gasteiger partial charge is 0.435 e. The van der Waals surface area contributed by atoms with Crippen molar-refractivity contribution in [1.29, 1.82) is 0 Å². The molecule has 1 aliphatic rings. The molecule has 0 aliphatic carbocycles. The van der Waals surface area contributed by atoms with Gasteiger partial charge < -0.3 is 4.74 Å². The van der Waals surface area contributed by atoms with Crippen molar-refractivity contribution in [2.45, 2.75) is 18.9 Å². The lowest BCUT2D eigenvalue weighted by molar-refractivity contribution is -0.115. The maximum Gasteiger partial charge on any atom is 0.387 e.